The van der Waals surface area contributed by atoms with Crippen molar-refractivity contribution < 1.29 is 47.9 Å². The molecule has 472 valence electrons. The van der Waals surface area contributed by atoms with E-state index in [4.69, 9.17) is 0 Å². The fourth-order valence-corrected chi connectivity index (χ4v) is 12.0. The summed E-state index contributed by atoms with van der Waals surface area (Å²) in [6.45, 7) is 26.9. The number of nitrogens with zero attached hydrogens (tertiary/aromatic N) is 4. The van der Waals surface area contributed by atoms with E-state index in [0.717, 1.165) is 83.8 Å². The van der Waals surface area contributed by atoms with E-state index in [1.54, 1.807) is 18.7 Å². The summed E-state index contributed by atoms with van der Waals surface area (Å²) in [5.41, 5.74) is -4.48. The Morgan fingerprint density at radius 2 is 1.23 bits per heavy atom. The minimum absolute atomic E-state index is 0.0414. The molecule has 21 heteroatoms. The smallest absolute Gasteiger partial charge is 0.246 e. The van der Waals surface area contributed by atoms with Gasteiger partial charge in [-0.2, -0.15) is 0 Å². The number of carbonyl (C=O) groups is 10. The first-order chi connectivity index (χ1) is 39.0. The quantitative estimate of drug-likeness (QED) is 0.0442. The maximum absolute atomic E-state index is 14.6. The number of hydrogen-bond donors (Lipinski definition) is 7. The molecule has 0 aromatic heterocycles. The zero-order valence-corrected chi connectivity index (χ0v) is 53.2. The zero-order chi connectivity index (χ0) is 61.8. The van der Waals surface area contributed by atoms with Crippen molar-refractivity contribution in [3.8, 4) is 0 Å². The number of carbonyl (C=O) groups excluding carboxylic acids is 10. The van der Waals surface area contributed by atoms with Gasteiger partial charge in [-0.1, -0.05) is 99.3 Å². The monoisotopic (exact) mass is 1170 g/mol. The SMILES string of the molecule is CCCCCCCC[C@H](NC(=O)[C@@H]1CCCN1C(=O)CCCCC)C(=O)N[C@H]1CC(C)CN(C(C)(C)C(=O)N[C@H]2CC(C)CN([C@@H](CC(C)C)C(=O)NC(C)(C)C(=O)NC(C)(C)C(=O)NCCC(=O)N[C@@H](C)CN3CCCCC3)C2=O)C1=O. The highest BCUT2D eigenvalue weighted by atomic mass is 16.2. The van der Waals surface area contributed by atoms with Crippen molar-refractivity contribution in [3.05, 3.63) is 0 Å². The first kappa shape index (κ1) is 70.1. The van der Waals surface area contributed by atoms with E-state index in [-0.39, 0.29) is 80.4 Å². The highest BCUT2D eigenvalue weighted by molar-refractivity contribution is 6.00. The van der Waals surface area contributed by atoms with E-state index in [1.807, 2.05) is 34.6 Å². The summed E-state index contributed by atoms with van der Waals surface area (Å²) in [5, 5.41) is 20.2. The lowest BCUT2D eigenvalue weighted by Gasteiger charge is -2.46. The van der Waals surface area contributed by atoms with Gasteiger partial charge in [0, 0.05) is 51.6 Å². The molecule has 0 saturated carbocycles. The number of nitrogens with one attached hydrogen (secondary N) is 7. The zero-order valence-electron chi connectivity index (χ0n) is 53.2. The molecular weight excluding hydrogens is 1060 g/mol. The predicted octanol–water partition coefficient (Wildman–Crippen LogP) is 4.98. The van der Waals surface area contributed by atoms with Crippen LogP contribution in [0.15, 0.2) is 0 Å². The van der Waals surface area contributed by atoms with Crippen LogP contribution in [-0.2, 0) is 47.9 Å². The number of unbranched alkanes of at least 4 members (excludes halogenated alkanes) is 7. The van der Waals surface area contributed by atoms with Gasteiger partial charge in [0.05, 0.1) is 0 Å². The molecule has 0 spiro atoms. The van der Waals surface area contributed by atoms with Gasteiger partial charge in [-0.05, 0) is 137 Å². The third kappa shape index (κ3) is 21.3. The summed E-state index contributed by atoms with van der Waals surface area (Å²) >= 11 is 0. The van der Waals surface area contributed by atoms with Crippen LogP contribution in [0.25, 0.3) is 0 Å². The van der Waals surface area contributed by atoms with Crippen molar-refractivity contribution >= 4 is 59.1 Å². The molecule has 4 aliphatic heterocycles. The lowest BCUT2D eigenvalue weighted by Crippen LogP contribution is -2.68. The molecule has 0 radical (unpaired) electrons. The fraction of sp³-hybridized carbons (Fsp3) is 0.839. The Morgan fingerprint density at radius 3 is 1.88 bits per heavy atom. The van der Waals surface area contributed by atoms with Crippen LogP contribution in [0.4, 0.5) is 0 Å². The summed E-state index contributed by atoms with van der Waals surface area (Å²) < 4.78 is 0. The molecule has 0 aliphatic carbocycles. The van der Waals surface area contributed by atoms with Gasteiger partial charge >= 0.3 is 0 Å². The average molecular weight is 1170 g/mol. The van der Waals surface area contributed by atoms with E-state index >= 15 is 0 Å². The molecule has 0 bridgehead atoms. The molecule has 4 aliphatic rings. The Morgan fingerprint density at radius 1 is 0.627 bits per heavy atom. The lowest BCUT2D eigenvalue weighted by atomic mass is 9.88. The van der Waals surface area contributed by atoms with Gasteiger partial charge in [-0.3, -0.25) is 47.9 Å². The van der Waals surface area contributed by atoms with Crippen LogP contribution in [0.2, 0.25) is 0 Å². The average Bonchev–Trinajstić information content (AvgIpc) is 3.69. The van der Waals surface area contributed by atoms with Gasteiger partial charge in [0.1, 0.15) is 46.8 Å². The van der Waals surface area contributed by atoms with Gasteiger partial charge in [0.2, 0.25) is 59.1 Å². The molecule has 7 N–H and O–H groups in total. The van der Waals surface area contributed by atoms with Crippen molar-refractivity contribution in [1.82, 2.24) is 56.8 Å². The molecule has 83 heavy (non-hydrogen) atoms. The summed E-state index contributed by atoms with van der Waals surface area (Å²) in [6, 6.07) is -4.75. The van der Waals surface area contributed by atoms with Crippen molar-refractivity contribution in [2.45, 2.75) is 271 Å². The number of piperidine rings is 3. The van der Waals surface area contributed by atoms with Gasteiger partial charge in [0.25, 0.3) is 0 Å². The number of likely N-dealkylation sites (tertiary alicyclic amines) is 4. The Hall–Kier alpha value is -5.34. The van der Waals surface area contributed by atoms with Crippen LogP contribution >= 0.6 is 0 Å². The first-order valence-electron chi connectivity index (χ1n) is 31.8. The minimum atomic E-state index is -1.55. The molecule has 0 aromatic carbocycles. The molecule has 10 amide bonds. The summed E-state index contributed by atoms with van der Waals surface area (Å²) in [5.74, 6) is -4.80. The molecule has 0 aromatic rings. The van der Waals surface area contributed by atoms with Gasteiger partial charge in [0.15, 0.2) is 0 Å². The largest absolute Gasteiger partial charge is 0.354 e. The number of hydrogen-bond acceptors (Lipinski definition) is 11. The lowest BCUT2D eigenvalue weighted by molar-refractivity contribution is -0.155. The second kappa shape index (κ2) is 32.8. The molecule has 4 rings (SSSR count). The van der Waals surface area contributed by atoms with Gasteiger partial charge in [-0.15, -0.1) is 0 Å². The molecule has 8 atom stereocenters. The van der Waals surface area contributed by atoms with Crippen molar-refractivity contribution in [2.24, 2.45) is 17.8 Å². The van der Waals surface area contributed by atoms with Crippen LogP contribution in [-0.4, -0.2) is 177 Å². The normalized spacial score (nSPS) is 22.1. The van der Waals surface area contributed by atoms with Crippen LogP contribution in [0.1, 0.15) is 218 Å². The van der Waals surface area contributed by atoms with Crippen LogP contribution in [0.3, 0.4) is 0 Å². The highest BCUT2D eigenvalue weighted by Gasteiger charge is 2.48. The minimum Gasteiger partial charge on any atom is -0.354 e. The third-order valence-corrected chi connectivity index (χ3v) is 17.0. The molecule has 2 unspecified atom stereocenters. The van der Waals surface area contributed by atoms with Crippen molar-refractivity contribution in [3.63, 3.8) is 0 Å². The number of rotatable bonds is 32. The third-order valence-electron chi connectivity index (χ3n) is 17.0. The summed E-state index contributed by atoms with van der Waals surface area (Å²) in [7, 11) is 0. The maximum Gasteiger partial charge on any atom is 0.246 e. The molecule has 4 heterocycles. The Labute approximate surface area is 496 Å². The van der Waals surface area contributed by atoms with Crippen molar-refractivity contribution in [1.29, 1.82) is 0 Å². The first-order valence-corrected chi connectivity index (χ1v) is 31.8. The fourth-order valence-electron chi connectivity index (χ4n) is 12.0. The topological polar surface area (TPSA) is 268 Å². The highest BCUT2D eigenvalue weighted by Crippen LogP contribution is 2.29. The molecule has 4 fully saturated rings. The van der Waals surface area contributed by atoms with E-state index in [9.17, 15) is 47.9 Å². The molecule has 21 nitrogen and oxygen atoms in total. The van der Waals surface area contributed by atoms with Gasteiger partial charge < -0.3 is 56.8 Å². The van der Waals surface area contributed by atoms with Crippen molar-refractivity contribution in [2.75, 3.05) is 45.8 Å². The maximum atomic E-state index is 14.6. The second-order valence-corrected chi connectivity index (χ2v) is 26.8. The second-order valence-electron chi connectivity index (χ2n) is 26.8. The van der Waals surface area contributed by atoms with Gasteiger partial charge in [-0.25, -0.2) is 0 Å². The van der Waals surface area contributed by atoms with E-state index < -0.39 is 88.2 Å². The molecule has 4 saturated heterocycles. The summed E-state index contributed by atoms with van der Waals surface area (Å²) in [4.78, 5) is 147. The summed E-state index contributed by atoms with van der Waals surface area (Å²) in [6.07, 6.45) is 14.8. The number of amides is 10. The Bertz CT molecular complexity index is 2210. The van der Waals surface area contributed by atoms with E-state index in [0.29, 0.717) is 45.1 Å². The van der Waals surface area contributed by atoms with E-state index in [2.05, 4.69) is 56.0 Å². The van der Waals surface area contributed by atoms with E-state index in [1.165, 1.54) is 43.9 Å². The Kier molecular flexibility index (Phi) is 27.7. The predicted molar refractivity (Wildman–Crippen MR) is 321 cm³/mol. The standard InChI is InChI=1S/C62H109N11O10/c1-14-16-18-19-20-23-27-45(65-53(77)48-28-26-34-71(48)51(75)29-22-17-15-2)52(76)66-47-37-43(6)39-73(56(47)80)62(12,13)59(83)67-46-36-42(5)38-72(55(46)79)49(35-41(3)4)54(78)68-61(10,11)58(82)69-60(8,9)57(81)63-31-30-50(74)64-44(7)40-70-32-24-21-25-33-70/h41-49H,14-40H2,1-13H3,(H,63,81)(H,64,74)(H,65,77)(H,66,76)(H,67,83)(H,68,78)(H,69,82)/t42?,43?,44-,45-,46-,47-,48-,49-/m0/s1. The van der Waals surface area contributed by atoms with Crippen LogP contribution < -0.4 is 37.2 Å². The van der Waals surface area contributed by atoms with Crippen LogP contribution in [0.5, 0.6) is 0 Å². The molecular formula is C62H109N11O10. The Balaban J connectivity index is 1.40. The van der Waals surface area contributed by atoms with Crippen LogP contribution in [0, 0.1) is 17.8 Å².